The largest absolute Gasteiger partial charge is 0.390 e. The molecule has 0 aliphatic heterocycles. The smallest absolute Gasteiger partial charge is 0.107 e. The first-order valence-corrected chi connectivity index (χ1v) is 16.9. The topological polar surface area (TPSA) is 86.7 Å². The molecular weight excluding hydrogens is 482 g/mol. The van der Waals surface area contributed by atoms with Gasteiger partial charge in [-0.2, -0.15) is 0 Å². The van der Waals surface area contributed by atoms with Gasteiger partial charge in [-0.15, -0.1) is 0 Å². The molecule has 13 atom stereocenters. The maximum Gasteiger partial charge on any atom is 0.107 e. The summed E-state index contributed by atoms with van der Waals surface area (Å²) in [4.78, 5) is 0. The quantitative estimate of drug-likeness (QED) is 0.279. The molecule has 0 amide bonds. The summed E-state index contributed by atoms with van der Waals surface area (Å²) >= 11 is 0. The summed E-state index contributed by atoms with van der Waals surface area (Å²) in [7, 11) is 0. The molecule has 0 bridgehead atoms. The van der Waals surface area contributed by atoms with E-state index in [2.05, 4.69) is 48.5 Å². The third-order valence-electron chi connectivity index (χ3n) is 15.4. The first-order chi connectivity index (χ1) is 18.2. The molecule has 0 aromatic rings. The van der Waals surface area contributed by atoms with Gasteiger partial charge in [0.2, 0.25) is 0 Å². The summed E-state index contributed by atoms with van der Waals surface area (Å²) in [5.41, 5.74) is 7.83. The van der Waals surface area contributed by atoms with Crippen LogP contribution in [0.3, 0.4) is 0 Å². The van der Waals surface area contributed by atoms with E-state index in [4.69, 9.17) is 5.73 Å². The maximum atomic E-state index is 10.5. The van der Waals surface area contributed by atoms with Crippen molar-refractivity contribution in [2.24, 2.45) is 68.3 Å². The molecule has 5 aliphatic carbocycles. The van der Waals surface area contributed by atoms with Crippen LogP contribution in [0.25, 0.3) is 0 Å². The van der Waals surface area contributed by atoms with Crippen LogP contribution in [0.5, 0.6) is 0 Å². The van der Waals surface area contributed by atoms with Gasteiger partial charge in [0, 0.05) is 6.54 Å². The summed E-state index contributed by atoms with van der Waals surface area (Å²) in [5, 5.41) is 30.6. The second-order valence-electron chi connectivity index (χ2n) is 17.2. The maximum absolute atomic E-state index is 10.5. The molecule has 5 rings (SSSR count). The standard InChI is InChI=1S/C35H63NO3/c1-22(9-10-25(37)30(39)26(38)21-36)23-13-18-32(4)24(23)14-19-34(6)28(32)11-12-29-33(5)17-8-16-31(2,3)27(33)15-20-35(29,34)7/h22-30,37-39H,8-21,36H2,1-7H3/t22-,23-,24+,25-,26+,27-,28-,29-,30-,32+,33+,34-,35-/m1/s1. The van der Waals surface area contributed by atoms with Crippen LogP contribution >= 0.6 is 0 Å². The first kappa shape index (κ1) is 30.3. The summed E-state index contributed by atoms with van der Waals surface area (Å²) in [6.07, 6.45) is 13.8. The van der Waals surface area contributed by atoms with Crippen molar-refractivity contribution in [2.75, 3.05) is 6.54 Å². The number of aliphatic hydroxyl groups is 3. The van der Waals surface area contributed by atoms with Crippen LogP contribution in [0.2, 0.25) is 0 Å². The van der Waals surface area contributed by atoms with E-state index in [1.54, 1.807) is 0 Å². The van der Waals surface area contributed by atoms with Gasteiger partial charge in [0.15, 0.2) is 0 Å². The van der Waals surface area contributed by atoms with Crippen molar-refractivity contribution >= 4 is 0 Å². The number of hydrogen-bond donors (Lipinski definition) is 4. The average molecular weight is 546 g/mol. The lowest BCUT2D eigenvalue weighted by Crippen LogP contribution is -2.65. The molecule has 0 aromatic carbocycles. The molecule has 39 heavy (non-hydrogen) atoms. The van der Waals surface area contributed by atoms with E-state index in [-0.39, 0.29) is 6.54 Å². The Labute approximate surface area is 240 Å². The van der Waals surface area contributed by atoms with Gasteiger partial charge in [-0.25, -0.2) is 0 Å². The second-order valence-corrected chi connectivity index (χ2v) is 17.2. The lowest BCUT2D eigenvalue weighted by atomic mass is 9.32. The number of nitrogens with two attached hydrogens (primary N) is 1. The van der Waals surface area contributed by atoms with Crippen molar-refractivity contribution in [3.63, 3.8) is 0 Å². The molecule has 0 saturated heterocycles. The Kier molecular flexibility index (Phi) is 7.95. The number of aliphatic hydroxyl groups excluding tert-OH is 3. The zero-order valence-corrected chi connectivity index (χ0v) is 26.5. The monoisotopic (exact) mass is 545 g/mol. The van der Waals surface area contributed by atoms with Gasteiger partial charge in [-0.05, 0) is 140 Å². The minimum Gasteiger partial charge on any atom is -0.390 e. The molecule has 0 heterocycles. The van der Waals surface area contributed by atoms with Gasteiger partial charge in [0.25, 0.3) is 0 Å². The molecule has 5 N–H and O–H groups in total. The molecule has 5 aliphatic rings. The number of hydrogen-bond acceptors (Lipinski definition) is 4. The second kappa shape index (κ2) is 10.2. The van der Waals surface area contributed by atoms with Crippen molar-refractivity contribution in [3.8, 4) is 0 Å². The minimum atomic E-state index is -1.14. The Morgan fingerprint density at radius 1 is 0.667 bits per heavy atom. The molecule has 0 spiro atoms. The van der Waals surface area contributed by atoms with E-state index in [9.17, 15) is 15.3 Å². The summed E-state index contributed by atoms with van der Waals surface area (Å²) < 4.78 is 0. The van der Waals surface area contributed by atoms with Gasteiger partial charge in [-0.1, -0.05) is 54.9 Å². The SMILES string of the molecule is C[C@H](CC[C@@H](O)[C@@H](O)[C@@H](O)CN)[C@H]1CC[C@]2(C)[C@H]3CC[C@@H]4[C@@]5(C)CCCC(C)(C)[C@H]5CC[C@@]4(C)[C@]3(C)CC[C@@H]12. The zero-order chi connectivity index (χ0) is 28.6. The van der Waals surface area contributed by atoms with Crippen LogP contribution in [0.1, 0.15) is 132 Å². The zero-order valence-electron chi connectivity index (χ0n) is 26.5. The van der Waals surface area contributed by atoms with Crippen molar-refractivity contribution in [2.45, 2.75) is 150 Å². The molecule has 5 saturated carbocycles. The van der Waals surface area contributed by atoms with Crippen LogP contribution in [0.15, 0.2) is 0 Å². The highest BCUT2D eigenvalue weighted by molar-refractivity contribution is 5.19. The van der Waals surface area contributed by atoms with Gasteiger partial charge in [-0.3, -0.25) is 0 Å². The van der Waals surface area contributed by atoms with Gasteiger partial charge < -0.3 is 21.1 Å². The van der Waals surface area contributed by atoms with Crippen molar-refractivity contribution in [1.82, 2.24) is 0 Å². The molecule has 4 nitrogen and oxygen atoms in total. The highest BCUT2D eigenvalue weighted by atomic mass is 16.4. The normalized spacial score (nSPS) is 50.1. The van der Waals surface area contributed by atoms with E-state index in [1.807, 2.05) is 0 Å². The Hall–Kier alpha value is -0.160. The fourth-order valence-electron chi connectivity index (χ4n) is 13.2. The Bertz CT molecular complexity index is 891. The third kappa shape index (κ3) is 4.42. The number of rotatable bonds is 7. The van der Waals surface area contributed by atoms with E-state index < -0.39 is 18.3 Å². The molecule has 0 radical (unpaired) electrons. The fourth-order valence-corrected chi connectivity index (χ4v) is 13.2. The fraction of sp³-hybridized carbons (Fsp3) is 1.00. The van der Waals surface area contributed by atoms with Crippen LogP contribution in [0.4, 0.5) is 0 Å². The van der Waals surface area contributed by atoms with E-state index >= 15 is 0 Å². The van der Waals surface area contributed by atoms with Gasteiger partial charge in [0.05, 0.1) is 12.2 Å². The average Bonchev–Trinajstić information content (AvgIpc) is 3.23. The van der Waals surface area contributed by atoms with Crippen molar-refractivity contribution in [1.29, 1.82) is 0 Å². The Morgan fingerprint density at radius 3 is 1.92 bits per heavy atom. The van der Waals surface area contributed by atoms with Crippen LogP contribution < -0.4 is 5.73 Å². The summed E-state index contributed by atoms with van der Waals surface area (Å²) in [6, 6.07) is 0. The van der Waals surface area contributed by atoms with Crippen LogP contribution in [-0.4, -0.2) is 40.2 Å². The Balaban J connectivity index is 1.33. The summed E-state index contributed by atoms with van der Waals surface area (Å²) in [6.45, 7) is 18.4. The molecular formula is C35H63NO3. The predicted octanol–water partition coefficient (Wildman–Crippen LogP) is 6.94. The molecule has 226 valence electrons. The third-order valence-corrected chi connectivity index (χ3v) is 15.4. The first-order valence-electron chi connectivity index (χ1n) is 16.9. The van der Waals surface area contributed by atoms with E-state index in [0.29, 0.717) is 45.3 Å². The van der Waals surface area contributed by atoms with E-state index in [0.717, 1.165) is 30.1 Å². The molecule has 4 heteroatoms. The van der Waals surface area contributed by atoms with Crippen LogP contribution in [-0.2, 0) is 0 Å². The van der Waals surface area contributed by atoms with Gasteiger partial charge in [0.1, 0.15) is 6.10 Å². The van der Waals surface area contributed by atoms with Crippen molar-refractivity contribution in [3.05, 3.63) is 0 Å². The number of fused-ring (bicyclic) bond motifs is 7. The Morgan fingerprint density at radius 2 is 1.28 bits per heavy atom. The predicted molar refractivity (Wildman–Crippen MR) is 160 cm³/mol. The van der Waals surface area contributed by atoms with Crippen LogP contribution in [0, 0.1) is 62.6 Å². The lowest BCUT2D eigenvalue weighted by molar-refractivity contribution is -0.241. The van der Waals surface area contributed by atoms with Gasteiger partial charge >= 0.3 is 0 Å². The molecule has 5 fully saturated rings. The molecule has 0 unspecified atom stereocenters. The summed E-state index contributed by atoms with van der Waals surface area (Å²) in [5.74, 6) is 4.61. The van der Waals surface area contributed by atoms with E-state index in [1.165, 1.54) is 70.6 Å². The highest BCUT2D eigenvalue weighted by Gasteiger charge is 2.70. The minimum absolute atomic E-state index is 0.0195. The lowest BCUT2D eigenvalue weighted by Gasteiger charge is -2.73. The molecule has 0 aromatic heterocycles. The van der Waals surface area contributed by atoms with Crippen molar-refractivity contribution < 1.29 is 15.3 Å². The highest BCUT2D eigenvalue weighted by Crippen LogP contribution is 2.78.